The molecule has 0 spiro atoms. The number of fused-ring (bicyclic) bond motifs is 1. The van der Waals surface area contributed by atoms with E-state index in [1.165, 1.54) is 6.42 Å². The number of carbonyl (C=O) groups is 1. The molecule has 1 aliphatic rings. The van der Waals surface area contributed by atoms with E-state index in [9.17, 15) is 4.79 Å². The first-order valence-corrected chi connectivity index (χ1v) is 7.61. The Kier molecular flexibility index (Phi) is 3.78. The van der Waals surface area contributed by atoms with E-state index in [0.29, 0.717) is 11.7 Å². The van der Waals surface area contributed by atoms with Crippen LogP contribution in [0.15, 0.2) is 30.3 Å². The fraction of sp³-hybridized carbons (Fsp3) is 0.412. The molecule has 4 heteroatoms. The number of hydrogen-bond acceptors (Lipinski definition) is 3. The zero-order valence-electron chi connectivity index (χ0n) is 12.6. The Morgan fingerprint density at radius 3 is 2.81 bits per heavy atom. The number of carbonyl (C=O) groups excluding carboxylic acids is 1. The van der Waals surface area contributed by atoms with Gasteiger partial charge in [0.1, 0.15) is 5.69 Å². The van der Waals surface area contributed by atoms with Crippen molar-refractivity contribution in [2.75, 3.05) is 18.9 Å². The Morgan fingerprint density at radius 2 is 2.14 bits per heavy atom. The van der Waals surface area contributed by atoms with Crippen molar-refractivity contribution in [1.82, 2.24) is 9.88 Å². The van der Waals surface area contributed by atoms with Gasteiger partial charge in [0, 0.05) is 30.7 Å². The van der Waals surface area contributed by atoms with Crippen LogP contribution in [0.25, 0.3) is 10.9 Å². The van der Waals surface area contributed by atoms with Gasteiger partial charge in [-0.2, -0.15) is 0 Å². The van der Waals surface area contributed by atoms with E-state index in [1.54, 1.807) is 0 Å². The smallest absolute Gasteiger partial charge is 0.272 e. The molecule has 1 N–H and O–H groups in total. The lowest BCUT2D eigenvalue weighted by Crippen LogP contribution is -2.41. The molecule has 0 aliphatic heterocycles. The Balaban J connectivity index is 1.99. The second kappa shape index (κ2) is 5.72. The van der Waals surface area contributed by atoms with Crippen molar-refractivity contribution in [3.63, 3.8) is 0 Å². The van der Waals surface area contributed by atoms with Crippen molar-refractivity contribution < 1.29 is 4.79 Å². The molecular formula is C17H21N3O. The fourth-order valence-corrected chi connectivity index (χ4v) is 2.74. The molecule has 2 aromatic rings. The number of benzene rings is 1. The van der Waals surface area contributed by atoms with Gasteiger partial charge in [0.15, 0.2) is 0 Å². The van der Waals surface area contributed by atoms with E-state index < -0.39 is 0 Å². The lowest BCUT2D eigenvalue weighted by Gasteiger charge is -2.34. The van der Waals surface area contributed by atoms with Gasteiger partial charge >= 0.3 is 0 Å². The van der Waals surface area contributed by atoms with Gasteiger partial charge in [-0.1, -0.05) is 18.2 Å². The van der Waals surface area contributed by atoms with Gasteiger partial charge in [0.2, 0.25) is 0 Å². The average molecular weight is 283 g/mol. The number of amides is 1. The molecule has 3 rings (SSSR count). The molecule has 1 amide bonds. The summed E-state index contributed by atoms with van der Waals surface area (Å²) in [5, 5.41) is 4.39. The second-order valence-electron chi connectivity index (χ2n) is 5.60. The summed E-state index contributed by atoms with van der Waals surface area (Å²) < 4.78 is 0. The molecule has 1 aromatic heterocycles. The van der Waals surface area contributed by atoms with Gasteiger partial charge in [-0.25, -0.2) is 4.98 Å². The minimum Gasteiger partial charge on any atom is -0.385 e. The van der Waals surface area contributed by atoms with Crippen molar-refractivity contribution in [3.8, 4) is 0 Å². The van der Waals surface area contributed by atoms with Gasteiger partial charge in [0.05, 0.1) is 5.52 Å². The summed E-state index contributed by atoms with van der Waals surface area (Å²) in [7, 11) is 1.88. The number of nitrogens with zero attached hydrogens (tertiary/aromatic N) is 2. The molecule has 0 saturated heterocycles. The van der Waals surface area contributed by atoms with E-state index >= 15 is 0 Å². The minimum absolute atomic E-state index is 0.0182. The van der Waals surface area contributed by atoms with Crippen LogP contribution >= 0.6 is 0 Å². The molecule has 1 saturated carbocycles. The van der Waals surface area contributed by atoms with Gasteiger partial charge in [-0.15, -0.1) is 0 Å². The maximum atomic E-state index is 12.6. The molecular weight excluding hydrogens is 262 g/mol. The molecule has 21 heavy (non-hydrogen) atoms. The predicted octanol–water partition coefficient (Wildman–Crippen LogP) is 3.29. The first-order chi connectivity index (χ1) is 10.2. The van der Waals surface area contributed by atoms with Crippen LogP contribution in [0, 0.1) is 0 Å². The van der Waals surface area contributed by atoms with Crippen LogP contribution in [0.3, 0.4) is 0 Å². The molecule has 1 heterocycles. The quantitative estimate of drug-likeness (QED) is 0.936. The summed E-state index contributed by atoms with van der Waals surface area (Å²) in [6.07, 6.45) is 3.43. The highest BCUT2D eigenvalue weighted by Gasteiger charge is 2.27. The van der Waals surface area contributed by atoms with Crippen LogP contribution in [0.4, 0.5) is 5.69 Å². The number of aromatic nitrogens is 1. The number of nitrogens with one attached hydrogen (secondary N) is 1. The SMILES string of the molecule is CCNc1cc(C(=O)N(C)C2CCC2)nc2ccccc12. The Labute approximate surface area is 125 Å². The Morgan fingerprint density at radius 1 is 1.38 bits per heavy atom. The van der Waals surface area contributed by atoms with Gasteiger partial charge in [-0.3, -0.25) is 4.79 Å². The van der Waals surface area contributed by atoms with Crippen molar-refractivity contribution >= 4 is 22.5 Å². The lowest BCUT2D eigenvalue weighted by molar-refractivity contribution is 0.0646. The molecule has 1 aromatic carbocycles. The molecule has 0 atom stereocenters. The number of anilines is 1. The van der Waals surface area contributed by atoms with Crippen LogP contribution in [0.5, 0.6) is 0 Å². The van der Waals surface area contributed by atoms with E-state index in [4.69, 9.17) is 0 Å². The summed E-state index contributed by atoms with van der Waals surface area (Å²) in [6.45, 7) is 2.87. The molecule has 1 fully saturated rings. The normalized spacial score (nSPS) is 14.8. The fourth-order valence-electron chi connectivity index (χ4n) is 2.74. The molecule has 110 valence electrons. The molecule has 0 radical (unpaired) electrons. The number of hydrogen-bond donors (Lipinski definition) is 1. The molecule has 0 unspecified atom stereocenters. The second-order valence-corrected chi connectivity index (χ2v) is 5.60. The van der Waals surface area contributed by atoms with Crippen LogP contribution in [0.2, 0.25) is 0 Å². The van der Waals surface area contributed by atoms with Crippen LogP contribution in [-0.4, -0.2) is 35.4 Å². The first-order valence-electron chi connectivity index (χ1n) is 7.61. The lowest BCUT2D eigenvalue weighted by atomic mass is 9.91. The molecule has 0 bridgehead atoms. The largest absolute Gasteiger partial charge is 0.385 e. The number of para-hydroxylation sites is 1. The average Bonchev–Trinajstić information content (AvgIpc) is 2.44. The van der Waals surface area contributed by atoms with Crippen LogP contribution in [0.1, 0.15) is 36.7 Å². The molecule has 4 nitrogen and oxygen atoms in total. The van der Waals surface area contributed by atoms with E-state index in [1.807, 2.05) is 42.3 Å². The van der Waals surface area contributed by atoms with Crippen molar-refractivity contribution in [2.24, 2.45) is 0 Å². The predicted molar refractivity (Wildman–Crippen MR) is 85.6 cm³/mol. The number of pyridine rings is 1. The summed E-state index contributed by atoms with van der Waals surface area (Å²) in [5.41, 5.74) is 2.37. The highest BCUT2D eigenvalue weighted by molar-refractivity contribution is 5.99. The standard InChI is InChI=1S/C17H21N3O/c1-3-18-15-11-16(17(21)20(2)12-7-6-8-12)19-14-10-5-4-9-13(14)15/h4-5,9-12H,3,6-8H2,1-2H3,(H,18,19). The highest BCUT2D eigenvalue weighted by Crippen LogP contribution is 2.27. The van der Waals surface area contributed by atoms with E-state index in [-0.39, 0.29) is 5.91 Å². The summed E-state index contributed by atoms with van der Waals surface area (Å²) in [5.74, 6) is 0.0182. The zero-order valence-corrected chi connectivity index (χ0v) is 12.6. The molecule has 1 aliphatic carbocycles. The zero-order chi connectivity index (χ0) is 14.8. The van der Waals surface area contributed by atoms with Crippen molar-refractivity contribution in [2.45, 2.75) is 32.2 Å². The Bertz CT molecular complexity index is 664. The summed E-state index contributed by atoms with van der Waals surface area (Å²) in [4.78, 5) is 19.0. The van der Waals surface area contributed by atoms with Gasteiger partial charge in [-0.05, 0) is 38.3 Å². The first kappa shape index (κ1) is 13.9. The summed E-state index contributed by atoms with van der Waals surface area (Å²) in [6, 6.07) is 10.2. The minimum atomic E-state index is 0.0182. The van der Waals surface area contributed by atoms with Crippen LogP contribution < -0.4 is 5.32 Å². The van der Waals surface area contributed by atoms with Crippen LogP contribution in [-0.2, 0) is 0 Å². The van der Waals surface area contributed by atoms with E-state index in [2.05, 4.69) is 17.2 Å². The third kappa shape index (κ3) is 2.58. The van der Waals surface area contributed by atoms with Gasteiger partial charge in [0.25, 0.3) is 5.91 Å². The highest BCUT2D eigenvalue weighted by atomic mass is 16.2. The topological polar surface area (TPSA) is 45.2 Å². The van der Waals surface area contributed by atoms with E-state index in [0.717, 1.165) is 36.0 Å². The van der Waals surface area contributed by atoms with Gasteiger partial charge < -0.3 is 10.2 Å². The third-order valence-corrected chi connectivity index (χ3v) is 4.25. The maximum Gasteiger partial charge on any atom is 0.272 e. The Hall–Kier alpha value is -2.10. The van der Waals surface area contributed by atoms with Crippen molar-refractivity contribution in [1.29, 1.82) is 0 Å². The maximum absolute atomic E-state index is 12.6. The van der Waals surface area contributed by atoms with Crippen molar-refractivity contribution in [3.05, 3.63) is 36.0 Å². The third-order valence-electron chi connectivity index (χ3n) is 4.25. The summed E-state index contributed by atoms with van der Waals surface area (Å²) >= 11 is 0. The monoisotopic (exact) mass is 283 g/mol. The number of rotatable bonds is 4.